The third kappa shape index (κ3) is 4.85. The minimum Gasteiger partial charge on any atom is -0.491 e. The van der Waals surface area contributed by atoms with E-state index < -0.39 is 6.04 Å². The van der Waals surface area contributed by atoms with Gasteiger partial charge in [0.1, 0.15) is 5.75 Å². The average Bonchev–Trinajstić information content (AvgIpc) is 2.36. The fourth-order valence-electron chi connectivity index (χ4n) is 1.58. The molecule has 2 atom stereocenters. The van der Waals surface area contributed by atoms with Crippen molar-refractivity contribution in [2.75, 3.05) is 5.32 Å². The molecule has 0 bridgehead atoms. The molecule has 1 amide bonds. The predicted octanol–water partition coefficient (Wildman–Crippen LogP) is 3.18. The molecule has 0 radical (unpaired) electrons. The van der Waals surface area contributed by atoms with E-state index in [1.807, 2.05) is 52.0 Å². The molecule has 0 fully saturated rings. The SMILES string of the molecule is CCC(C)Oc1cccc(NC(=O)[C@@H](N)C(C)(C)C)c1. The van der Waals surface area contributed by atoms with Crippen LogP contribution in [0.3, 0.4) is 0 Å². The Kier molecular flexibility index (Phi) is 5.57. The maximum Gasteiger partial charge on any atom is 0.241 e. The summed E-state index contributed by atoms with van der Waals surface area (Å²) in [5, 5.41) is 2.84. The van der Waals surface area contributed by atoms with Crippen molar-refractivity contribution in [2.24, 2.45) is 11.1 Å². The van der Waals surface area contributed by atoms with Crippen LogP contribution in [0.25, 0.3) is 0 Å². The molecular weight excluding hydrogens is 252 g/mol. The maximum atomic E-state index is 12.1. The Labute approximate surface area is 121 Å². The van der Waals surface area contributed by atoms with Gasteiger partial charge in [0.2, 0.25) is 5.91 Å². The quantitative estimate of drug-likeness (QED) is 0.869. The second kappa shape index (κ2) is 6.75. The van der Waals surface area contributed by atoms with E-state index in [9.17, 15) is 4.79 Å². The van der Waals surface area contributed by atoms with E-state index in [1.165, 1.54) is 0 Å². The summed E-state index contributed by atoms with van der Waals surface area (Å²) >= 11 is 0. The Morgan fingerprint density at radius 1 is 1.40 bits per heavy atom. The summed E-state index contributed by atoms with van der Waals surface area (Å²) in [6, 6.07) is 6.83. The summed E-state index contributed by atoms with van der Waals surface area (Å²) in [7, 11) is 0. The van der Waals surface area contributed by atoms with Crippen molar-refractivity contribution in [3.63, 3.8) is 0 Å². The van der Waals surface area contributed by atoms with Crippen molar-refractivity contribution in [1.82, 2.24) is 0 Å². The van der Waals surface area contributed by atoms with E-state index in [4.69, 9.17) is 10.5 Å². The molecule has 0 aliphatic carbocycles. The lowest BCUT2D eigenvalue weighted by molar-refractivity contribution is -0.119. The van der Waals surface area contributed by atoms with Gasteiger partial charge in [-0.15, -0.1) is 0 Å². The van der Waals surface area contributed by atoms with Crippen molar-refractivity contribution in [3.8, 4) is 5.75 Å². The molecule has 3 N–H and O–H groups in total. The number of rotatable bonds is 5. The van der Waals surface area contributed by atoms with Crippen molar-refractivity contribution in [2.45, 2.75) is 53.2 Å². The molecule has 4 heteroatoms. The first kappa shape index (κ1) is 16.5. The smallest absolute Gasteiger partial charge is 0.241 e. The lowest BCUT2D eigenvalue weighted by Gasteiger charge is -2.25. The largest absolute Gasteiger partial charge is 0.491 e. The molecule has 1 unspecified atom stereocenters. The monoisotopic (exact) mass is 278 g/mol. The summed E-state index contributed by atoms with van der Waals surface area (Å²) in [5.74, 6) is 0.569. The maximum absolute atomic E-state index is 12.1. The molecule has 1 aromatic carbocycles. The summed E-state index contributed by atoms with van der Waals surface area (Å²) in [4.78, 5) is 12.1. The number of nitrogens with two attached hydrogens (primary N) is 1. The fraction of sp³-hybridized carbons (Fsp3) is 0.562. The number of ether oxygens (including phenoxy) is 1. The van der Waals surface area contributed by atoms with Crippen LogP contribution >= 0.6 is 0 Å². The third-order valence-electron chi connectivity index (χ3n) is 3.23. The van der Waals surface area contributed by atoms with Gasteiger partial charge in [-0.3, -0.25) is 4.79 Å². The number of hydrogen-bond acceptors (Lipinski definition) is 3. The highest BCUT2D eigenvalue weighted by molar-refractivity contribution is 5.95. The molecule has 1 rings (SSSR count). The van der Waals surface area contributed by atoms with Gasteiger partial charge in [-0.25, -0.2) is 0 Å². The first-order chi connectivity index (χ1) is 9.24. The zero-order valence-corrected chi connectivity index (χ0v) is 13.1. The van der Waals surface area contributed by atoms with Crippen LogP contribution < -0.4 is 15.8 Å². The van der Waals surface area contributed by atoms with Crippen LogP contribution in [0, 0.1) is 5.41 Å². The molecule has 0 aliphatic heterocycles. The molecule has 20 heavy (non-hydrogen) atoms. The Morgan fingerprint density at radius 3 is 2.60 bits per heavy atom. The van der Waals surface area contributed by atoms with Crippen LogP contribution in [0.2, 0.25) is 0 Å². The second-order valence-electron chi connectivity index (χ2n) is 6.20. The van der Waals surface area contributed by atoms with Gasteiger partial charge in [0.25, 0.3) is 0 Å². The van der Waals surface area contributed by atoms with Crippen LogP contribution in [0.15, 0.2) is 24.3 Å². The second-order valence-corrected chi connectivity index (χ2v) is 6.20. The van der Waals surface area contributed by atoms with E-state index in [2.05, 4.69) is 12.2 Å². The molecule has 0 aromatic heterocycles. The predicted molar refractivity (Wildman–Crippen MR) is 82.9 cm³/mol. The first-order valence-electron chi connectivity index (χ1n) is 7.07. The standard InChI is InChI=1S/C16H26N2O2/c1-6-11(2)20-13-9-7-8-12(10-13)18-15(19)14(17)16(3,4)5/h7-11,14H,6,17H2,1-5H3,(H,18,19)/t11?,14-/m1/s1. The molecule has 0 aliphatic rings. The lowest BCUT2D eigenvalue weighted by Crippen LogP contribution is -2.45. The van der Waals surface area contributed by atoms with E-state index in [0.29, 0.717) is 5.69 Å². The fourth-order valence-corrected chi connectivity index (χ4v) is 1.58. The van der Waals surface area contributed by atoms with Crippen molar-refractivity contribution in [3.05, 3.63) is 24.3 Å². The van der Waals surface area contributed by atoms with Crippen LogP contribution in [-0.4, -0.2) is 18.1 Å². The van der Waals surface area contributed by atoms with Gasteiger partial charge in [-0.1, -0.05) is 33.8 Å². The molecule has 112 valence electrons. The molecule has 1 aromatic rings. The summed E-state index contributed by atoms with van der Waals surface area (Å²) in [5.41, 5.74) is 6.37. The number of carbonyl (C=O) groups is 1. The highest BCUT2D eigenvalue weighted by Gasteiger charge is 2.27. The van der Waals surface area contributed by atoms with Crippen LogP contribution in [-0.2, 0) is 4.79 Å². The topological polar surface area (TPSA) is 64.3 Å². The van der Waals surface area contributed by atoms with Gasteiger partial charge in [-0.05, 0) is 30.9 Å². The molecular formula is C16H26N2O2. The lowest BCUT2D eigenvalue weighted by atomic mass is 9.87. The van der Waals surface area contributed by atoms with Gasteiger partial charge in [0, 0.05) is 11.8 Å². The van der Waals surface area contributed by atoms with E-state index in [-0.39, 0.29) is 17.4 Å². The Morgan fingerprint density at radius 2 is 2.05 bits per heavy atom. The molecule has 0 heterocycles. The summed E-state index contributed by atoms with van der Waals surface area (Å²) in [6.45, 7) is 9.92. The first-order valence-corrected chi connectivity index (χ1v) is 7.07. The molecule has 0 saturated heterocycles. The van der Waals surface area contributed by atoms with E-state index >= 15 is 0 Å². The summed E-state index contributed by atoms with van der Waals surface area (Å²) < 4.78 is 5.73. The number of carbonyl (C=O) groups excluding carboxylic acids is 1. The molecule has 0 spiro atoms. The number of amides is 1. The van der Waals surface area contributed by atoms with Crippen LogP contribution in [0.5, 0.6) is 5.75 Å². The van der Waals surface area contributed by atoms with Gasteiger partial charge in [0.05, 0.1) is 12.1 Å². The third-order valence-corrected chi connectivity index (χ3v) is 3.23. The zero-order chi connectivity index (χ0) is 15.3. The van der Waals surface area contributed by atoms with Gasteiger partial charge < -0.3 is 15.8 Å². The van der Waals surface area contributed by atoms with Crippen LogP contribution in [0.4, 0.5) is 5.69 Å². The zero-order valence-electron chi connectivity index (χ0n) is 13.1. The van der Waals surface area contributed by atoms with Crippen molar-refractivity contribution < 1.29 is 9.53 Å². The average molecular weight is 278 g/mol. The minimum atomic E-state index is -0.554. The van der Waals surface area contributed by atoms with Gasteiger partial charge >= 0.3 is 0 Å². The number of anilines is 1. The number of benzene rings is 1. The molecule has 0 saturated carbocycles. The molecule has 4 nitrogen and oxygen atoms in total. The van der Waals surface area contributed by atoms with Crippen molar-refractivity contribution in [1.29, 1.82) is 0 Å². The van der Waals surface area contributed by atoms with E-state index in [1.54, 1.807) is 0 Å². The minimum absolute atomic E-state index is 0.151. The Balaban J connectivity index is 2.73. The number of hydrogen-bond donors (Lipinski definition) is 2. The Hall–Kier alpha value is -1.55. The Bertz CT molecular complexity index is 452. The van der Waals surface area contributed by atoms with E-state index in [0.717, 1.165) is 12.2 Å². The number of nitrogens with one attached hydrogen (secondary N) is 1. The summed E-state index contributed by atoms with van der Waals surface area (Å²) in [6.07, 6.45) is 1.09. The van der Waals surface area contributed by atoms with Gasteiger partial charge in [0.15, 0.2) is 0 Å². The highest BCUT2D eigenvalue weighted by atomic mass is 16.5. The highest BCUT2D eigenvalue weighted by Crippen LogP contribution is 2.22. The van der Waals surface area contributed by atoms with Crippen molar-refractivity contribution >= 4 is 11.6 Å². The van der Waals surface area contributed by atoms with Gasteiger partial charge in [-0.2, -0.15) is 0 Å². The van der Waals surface area contributed by atoms with Crippen LogP contribution in [0.1, 0.15) is 41.0 Å². The normalized spacial score (nSPS) is 14.5.